The highest BCUT2D eigenvalue weighted by atomic mass is 16.1. The Balaban J connectivity index is 0.000000180. The molecule has 10 heavy (non-hydrogen) atoms. The van der Waals surface area contributed by atoms with E-state index in [9.17, 15) is 4.79 Å². The molecule has 0 fully saturated rings. The van der Waals surface area contributed by atoms with Gasteiger partial charge in [-0.2, -0.15) is 5.10 Å². The highest BCUT2D eigenvalue weighted by Gasteiger charge is 1.74. The van der Waals surface area contributed by atoms with Crippen LogP contribution in [-0.4, -0.2) is 16.0 Å². The minimum Gasteiger partial charge on any atom is -0.384 e. The molecule has 0 aromatic carbocycles. The average Bonchev–Trinajstić information content (AvgIpc) is 2.15. The summed E-state index contributed by atoms with van der Waals surface area (Å²) >= 11 is 0. The first kappa shape index (κ1) is 8.68. The van der Waals surface area contributed by atoms with Gasteiger partial charge in [0.15, 0.2) is 0 Å². The van der Waals surface area contributed by atoms with Crippen molar-refractivity contribution in [2.24, 2.45) is 0 Å². The molecule has 56 valence electrons. The molecule has 0 aliphatic carbocycles. The van der Waals surface area contributed by atoms with Crippen LogP contribution in [-0.2, 0) is 4.79 Å². The van der Waals surface area contributed by atoms with Crippen LogP contribution in [0.2, 0.25) is 0 Å². The number of nitrogen functional groups attached to an aromatic ring is 1. The normalized spacial score (nSPS) is 7.80. The Morgan fingerprint density at radius 2 is 2.20 bits per heavy atom. The second-order valence-corrected chi connectivity index (χ2v) is 1.92. The first-order valence-electron chi connectivity index (χ1n) is 2.85. The van der Waals surface area contributed by atoms with Gasteiger partial charge in [-0.3, -0.25) is 5.10 Å². The fourth-order valence-corrected chi connectivity index (χ4v) is 0.267. The van der Waals surface area contributed by atoms with Crippen molar-refractivity contribution in [1.82, 2.24) is 10.2 Å². The van der Waals surface area contributed by atoms with E-state index in [1.807, 2.05) is 0 Å². The molecule has 0 spiro atoms. The molecule has 0 saturated carbocycles. The topological polar surface area (TPSA) is 71.8 Å². The van der Waals surface area contributed by atoms with Gasteiger partial charge in [-0.05, 0) is 19.9 Å². The van der Waals surface area contributed by atoms with Gasteiger partial charge in [0, 0.05) is 0 Å². The molecule has 1 rings (SSSR count). The summed E-state index contributed by atoms with van der Waals surface area (Å²) in [6, 6.07) is 1.69. The number of hydrogen-bond acceptors (Lipinski definition) is 3. The van der Waals surface area contributed by atoms with E-state index in [1.165, 1.54) is 13.8 Å². The SMILES string of the molecule is CC(C)=O.Nc1ccn[nH]1. The molecule has 4 heteroatoms. The molecule has 4 nitrogen and oxygen atoms in total. The number of ketones is 1. The highest BCUT2D eigenvalue weighted by molar-refractivity contribution is 5.72. The van der Waals surface area contributed by atoms with Gasteiger partial charge in [0.05, 0.1) is 6.20 Å². The van der Waals surface area contributed by atoms with Crippen molar-refractivity contribution in [3.8, 4) is 0 Å². The second-order valence-electron chi connectivity index (χ2n) is 1.92. The van der Waals surface area contributed by atoms with Crippen LogP contribution in [0.4, 0.5) is 5.82 Å². The lowest BCUT2D eigenvalue weighted by molar-refractivity contribution is -0.114. The van der Waals surface area contributed by atoms with Crippen LogP contribution in [0.3, 0.4) is 0 Å². The van der Waals surface area contributed by atoms with Crippen LogP contribution >= 0.6 is 0 Å². The van der Waals surface area contributed by atoms with E-state index in [0.29, 0.717) is 5.82 Å². The maximum Gasteiger partial charge on any atom is 0.126 e. The van der Waals surface area contributed by atoms with Gasteiger partial charge in [-0.25, -0.2) is 0 Å². The molecule has 1 aromatic heterocycles. The average molecular weight is 141 g/mol. The third kappa shape index (κ3) is 6.68. The number of rotatable bonds is 0. The zero-order chi connectivity index (χ0) is 7.98. The van der Waals surface area contributed by atoms with E-state index in [2.05, 4.69) is 10.2 Å². The molecule has 3 N–H and O–H groups in total. The Hall–Kier alpha value is -1.32. The van der Waals surface area contributed by atoms with Crippen LogP contribution in [0.1, 0.15) is 13.8 Å². The smallest absolute Gasteiger partial charge is 0.126 e. The number of H-pyrrole nitrogens is 1. The number of nitrogens with zero attached hydrogens (tertiary/aromatic N) is 1. The summed E-state index contributed by atoms with van der Waals surface area (Å²) in [5.74, 6) is 0.773. The van der Waals surface area contributed by atoms with E-state index >= 15 is 0 Å². The minimum absolute atomic E-state index is 0.167. The molecule has 0 aliphatic rings. The fraction of sp³-hybridized carbons (Fsp3) is 0.333. The number of Topliss-reactive ketones (excluding diaryl/α,β-unsaturated/α-hetero) is 1. The van der Waals surface area contributed by atoms with Crippen molar-refractivity contribution in [3.63, 3.8) is 0 Å². The van der Waals surface area contributed by atoms with E-state index in [-0.39, 0.29) is 5.78 Å². The number of aromatic amines is 1. The molecule has 1 heterocycles. The lowest BCUT2D eigenvalue weighted by atomic mass is 10.6. The van der Waals surface area contributed by atoms with Crippen LogP contribution < -0.4 is 5.73 Å². The molecule has 0 atom stereocenters. The van der Waals surface area contributed by atoms with Crippen LogP contribution in [0, 0.1) is 0 Å². The Kier molecular flexibility index (Phi) is 3.95. The number of aromatic nitrogens is 2. The maximum absolute atomic E-state index is 9.44. The van der Waals surface area contributed by atoms with Gasteiger partial charge >= 0.3 is 0 Å². The third-order valence-electron chi connectivity index (χ3n) is 0.522. The standard InChI is InChI=1S/C3H5N3.C3H6O/c4-3-1-2-5-6-3;1-3(2)4/h1-2H,(H3,4,5,6);1-2H3. The van der Waals surface area contributed by atoms with Crippen molar-refractivity contribution >= 4 is 11.6 Å². The van der Waals surface area contributed by atoms with Crippen LogP contribution in [0.15, 0.2) is 12.3 Å². The molecule has 0 bridgehead atoms. The van der Waals surface area contributed by atoms with Gasteiger partial charge in [-0.1, -0.05) is 0 Å². The number of carbonyl (C=O) groups is 1. The molecule has 0 aliphatic heterocycles. The first-order chi connectivity index (χ1) is 4.63. The zero-order valence-electron chi connectivity index (χ0n) is 6.09. The van der Waals surface area contributed by atoms with E-state index < -0.39 is 0 Å². The largest absolute Gasteiger partial charge is 0.384 e. The van der Waals surface area contributed by atoms with E-state index in [1.54, 1.807) is 12.3 Å². The summed E-state index contributed by atoms with van der Waals surface area (Å²) in [5.41, 5.74) is 5.16. The van der Waals surface area contributed by atoms with Crippen molar-refractivity contribution in [2.45, 2.75) is 13.8 Å². The van der Waals surface area contributed by atoms with E-state index in [0.717, 1.165) is 0 Å². The fourth-order valence-electron chi connectivity index (χ4n) is 0.267. The van der Waals surface area contributed by atoms with Crippen molar-refractivity contribution in [1.29, 1.82) is 0 Å². The first-order valence-corrected chi connectivity index (χ1v) is 2.85. The molecule has 0 amide bonds. The highest BCUT2D eigenvalue weighted by Crippen LogP contribution is 1.86. The third-order valence-corrected chi connectivity index (χ3v) is 0.522. The van der Waals surface area contributed by atoms with Gasteiger partial charge in [0.1, 0.15) is 11.6 Å². The Morgan fingerprint density at radius 1 is 1.70 bits per heavy atom. The van der Waals surface area contributed by atoms with Crippen molar-refractivity contribution in [2.75, 3.05) is 5.73 Å². The quantitative estimate of drug-likeness (QED) is 0.555. The summed E-state index contributed by atoms with van der Waals surface area (Å²) in [6.45, 7) is 3.06. The summed E-state index contributed by atoms with van der Waals surface area (Å²) < 4.78 is 0. The van der Waals surface area contributed by atoms with Gasteiger partial charge in [0.2, 0.25) is 0 Å². The number of anilines is 1. The minimum atomic E-state index is 0.167. The number of nitrogens with two attached hydrogens (primary N) is 1. The molecular weight excluding hydrogens is 130 g/mol. The molecule has 0 saturated heterocycles. The Bertz CT molecular complexity index is 177. The summed E-state index contributed by atoms with van der Waals surface area (Å²) in [6.07, 6.45) is 1.61. The summed E-state index contributed by atoms with van der Waals surface area (Å²) in [4.78, 5) is 9.44. The predicted octanol–water partition coefficient (Wildman–Crippen LogP) is 0.587. The Morgan fingerprint density at radius 3 is 2.30 bits per heavy atom. The second kappa shape index (κ2) is 4.55. The molecular formula is C6H11N3O. The van der Waals surface area contributed by atoms with Gasteiger partial charge < -0.3 is 10.5 Å². The number of nitrogens with one attached hydrogen (secondary N) is 1. The number of hydrogen-bond donors (Lipinski definition) is 2. The number of carbonyl (C=O) groups excluding carboxylic acids is 1. The van der Waals surface area contributed by atoms with Gasteiger partial charge in [-0.15, -0.1) is 0 Å². The van der Waals surface area contributed by atoms with Crippen molar-refractivity contribution in [3.05, 3.63) is 12.3 Å². The maximum atomic E-state index is 9.44. The monoisotopic (exact) mass is 141 g/mol. The van der Waals surface area contributed by atoms with Crippen molar-refractivity contribution < 1.29 is 4.79 Å². The summed E-state index contributed by atoms with van der Waals surface area (Å²) in [7, 11) is 0. The zero-order valence-corrected chi connectivity index (χ0v) is 6.09. The molecule has 0 radical (unpaired) electrons. The van der Waals surface area contributed by atoms with Gasteiger partial charge in [0.25, 0.3) is 0 Å². The van der Waals surface area contributed by atoms with E-state index in [4.69, 9.17) is 5.73 Å². The molecule has 1 aromatic rings. The predicted molar refractivity (Wildman–Crippen MR) is 39.4 cm³/mol. The van der Waals surface area contributed by atoms with Crippen LogP contribution in [0.5, 0.6) is 0 Å². The van der Waals surface area contributed by atoms with Crippen LogP contribution in [0.25, 0.3) is 0 Å². The lowest BCUT2D eigenvalue weighted by Gasteiger charge is -1.70. The lowest BCUT2D eigenvalue weighted by Crippen LogP contribution is -1.81. The molecule has 0 unspecified atom stereocenters. The summed E-state index contributed by atoms with van der Waals surface area (Å²) in [5, 5.41) is 6.10. The Labute approximate surface area is 59.4 Å².